The number of carbonyl (C=O) groups is 2. The van der Waals surface area contributed by atoms with Gasteiger partial charge in [0.1, 0.15) is 11.4 Å². The van der Waals surface area contributed by atoms with E-state index in [0.29, 0.717) is 31.0 Å². The Kier molecular flexibility index (Phi) is 3.38. The van der Waals surface area contributed by atoms with E-state index in [-0.39, 0.29) is 17.9 Å². The van der Waals surface area contributed by atoms with Crippen molar-refractivity contribution in [1.82, 2.24) is 14.7 Å². The first-order valence-corrected chi connectivity index (χ1v) is 7.64. The monoisotopic (exact) mass is 306 g/mol. The maximum atomic E-state index is 12.2. The van der Waals surface area contributed by atoms with Gasteiger partial charge in [-0.1, -0.05) is 0 Å². The van der Waals surface area contributed by atoms with Crippen LogP contribution in [0, 0.1) is 5.92 Å². The van der Waals surface area contributed by atoms with Gasteiger partial charge in [-0.3, -0.25) is 4.79 Å². The highest BCUT2D eigenvalue weighted by Crippen LogP contribution is 2.33. The zero-order chi connectivity index (χ0) is 16.1. The molecule has 1 aromatic rings. The van der Waals surface area contributed by atoms with Crippen molar-refractivity contribution in [2.45, 2.75) is 52.2 Å². The Morgan fingerprint density at radius 3 is 2.59 bits per heavy atom. The Labute approximate surface area is 129 Å². The molecular weight excluding hydrogens is 284 g/mol. The van der Waals surface area contributed by atoms with E-state index in [0.717, 1.165) is 18.4 Å². The number of carbonyl (C=O) groups excluding carboxylic acids is 2. The SMILES string of the molecule is CC(C)(C)OC(=O)N1CCc2c(nn(C(=O)C3CC3)c2N)C1. The molecule has 2 aliphatic rings. The quantitative estimate of drug-likeness (QED) is 0.854. The van der Waals surface area contributed by atoms with Gasteiger partial charge in [0.15, 0.2) is 0 Å². The summed E-state index contributed by atoms with van der Waals surface area (Å²) >= 11 is 0. The van der Waals surface area contributed by atoms with Crippen LogP contribution < -0.4 is 5.73 Å². The first-order chi connectivity index (χ1) is 10.3. The van der Waals surface area contributed by atoms with Crippen molar-refractivity contribution in [2.75, 3.05) is 12.3 Å². The average Bonchev–Trinajstić information content (AvgIpc) is 3.21. The molecule has 3 rings (SSSR count). The molecule has 1 aromatic heterocycles. The molecule has 0 aromatic carbocycles. The van der Waals surface area contributed by atoms with Gasteiger partial charge in [0.25, 0.3) is 5.91 Å². The van der Waals surface area contributed by atoms with E-state index in [4.69, 9.17) is 10.5 Å². The Bertz CT molecular complexity index is 625. The number of nitrogen functional groups attached to an aromatic ring is 1. The molecule has 2 N–H and O–H groups in total. The minimum absolute atomic E-state index is 0.0317. The van der Waals surface area contributed by atoms with E-state index in [1.54, 1.807) is 4.90 Å². The zero-order valence-corrected chi connectivity index (χ0v) is 13.3. The van der Waals surface area contributed by atoms with E-state index in [2.05, 4.69) is 5.10 Å². The molecule has 1 fully saturated rings. The van der Waals surface area contributed by atoms with Crippen molar-refractivity contribution in [1.29, 1.82) is 0 Å². The summed E-state index contributed by atoms with van der Waals surface area (Å²) in [7, 11) is 0. The summed E-state index contributed by atoms with van der Waals surface area (Å²) in [6.45, 7) is 6.36. The van der Waals surface area contributed by atoms with Crippen molar-refractivity contribution in [2.24, 2.45) is 5.92 Å². The Morgan fingerprint density at radius 2 is 2.00 bits per heavy atom. The fraction of sp³-hybridized carbons (Fsp3) is 0.667. The number of hydrogen-bond donors (Lipinski definition) is 1. The maximum absolute atomic E-state index is 12.2. The fourth-order valence-corrected chi connectivity index (χ4v) is 2.57. The summed E-state index contributed by atoms with van der Waals surface area (Å²) in [5, 5.41) is 4.33. The third kappa shape index (κ3) is 2.80. The lowest BCUT2D eigenvalue weighted by Gasteiger charge is -2.29. The Morgan fingerprint density at radius 1 is 1.32 bits per heavy atom. The number of fused-ring (bicyclic) bond motifs is 1. The minimum Gasteiger partial charge on any atom is -0.444 e. The van der Waals surface area contributed by atoms with Crippen molar-refractivity contribution in [3.63, 3.8) is 0 Å². The van der Waals surface area contributed by atoms with Crippen LogP contribution in [0.5, 0.6) is 0 Å². The maximum Gasteiger partial charge on any atom is 0.410 e. The molecule has 0 bridgehead atoms. The van der Waals surface area contributed by atoms with Gasteiger partial charge >= 0.3 is 6.09 Å². The molecule has 120 valence electrons. The number of hydrogen-bond acceptors (Lipinski definition) is 5. The molecule has 2 heterocycles. The van der Waals surface area contributed by atoms with E-state index < -0.39 is 5.60 Å². The van der Waals surface area contributed by atoms with Crippen molar-refractivity contribution >= 4 is 17.8 Å². The predicted octanol–water partition coefficient (Wildman–Crippen LogP) is 1.81. The van der Waals surface area contributed by atoms with Gasteiger partial charge in [0, 0.05) is 18.0 Å². The second kappa shape index (κ2) is 5.00. The molecule has 1 aliphatic heterocycles. The van der Waals surface area contributed by atoms with Crippen LogP contribution in [0.2, 0.25) is 0 Å². The number of ether oxygens (including phenoxy) is 1. The van der Waals surface area contributed by atoms with Gasteiger partial charge in [-0.05, 0) is 40.0 Å². The van der Waals surface area contributed by atoms with Gasteiger partial charge in [-0.15, -0.1) is 0 Å². The average molecular weight is 306 g/mol. The van der Waals surface area contributed by atoms with Crippen LogP contribution in [0.1, 0.15) is 49.7 Å². The number of anilines is 1. The smallest absolute Gasteiger partial charge is 0.410 e. The van der Waals surface area contributed by atoms with Gasteiger partial charge in [0.05, 0.1) is 12.2 Å². The number of nitrogens with two attached hydrogens (primary N) is 1. The lowest BCUT2D eigenvalue weighted by molar-refractivity contribution is 0.0221. The lowest BCUT2D eigenvalue weighted by Crippen LogP contribution is -2.39. The molecule has 1 saturated carbocycles. The first-order valence-electron chi connectivity index (χ1n) is 7.64. The number of nitrogens with zero attached hydrogens (tertiary/aromatic N) is 3. The highest BCUT2D eigenvalue weighted by molar-refractivity contribution is 5.86. The zero-order valence-electron chi connectivity index (χ0n) is 13.3. The Balaban J connectivity index is 1.77. The van der Waals surface area contributed by atoms with Crippen LogP contribution in [0.25, 0.3) is 0 Å². The second-order valence-corrected chi connectivity index (χ2v) is 6.99. The number of amides is 1. The highest BCUT2D eigenvalue weighted by Gasteiger charge is 2.35. The second-order valence-electron chi connectivity index (χ2n) is 6.99. The summed E-state index contributed by atoms with van der Waals surface area (Å²) in [4.78, 5) is 25.9. The summed E-state index contributed by atoms with van der Waals surface area (Å²) in [6, 6.07) is 0. The molecule has 7 heteroatoms. The topological polar surface area (TPSA) is 90.5 Å². The van der Waals surface area contributed by atoms with Gasteiger partial charge in [0.2, 0.25) is 0 Å². The van der Waals surface area contributed by atoms with Crippen molar-refractivity contribution in [3.05, 3.63) is 11.3 Å². The molecule has 1 aliphatic carbocycles. The normalized spacial score (nSPS) is 18.0. The van der Waals surface area contributed by atoms with Gasteiger partial charge in [-0.2, -0.15) is 9.78 Å². The summed E-state index contributed by atoms with van der Waals surface area (Å²) < 4.78 is 6.70. The Hall–Kier alpha value is -2.05. The largest absolute Gasteiger partial charge is 0.444 e. The third-order valence-electron chi connectivity index (χ3n) is 3.87. The molecule has 7 nitrogen and oxygen atoms in total. The van der Waals surface area contributed by atoms with Crippen LogP contribution in [0.4, 0.5) is 10.6 Å². The van der Waals surface area contributed by atoms with Crippen molar-refractivity contribution in [3.8, 4) is 0 Å². The standard InChI is InChI=1S/C15H22N4O3/c1-15(2,3)22-14(21)18-7-6-10-11(8-18)17-19(12(10)16)13(20)9-4-5-9/h9H,4-8,16H2,1-3H3. The first kappa shape index (κ1) is 14.9. The van der Waals surface area contributed by atoms with Crippen LogP contribution in [-0.4, -0.2) is 38.8 Å². The van der Waals surface area contributed by atoms with E-state index in [9.17, 15) is 9.59 Å². The summed E-state index contributed by atoms with van der Waals surface area (Å²) in [5.74, 6) is 0.456. The lowest BCUT2D eigenvalue weighted by atomic mass is 10.1. The van der Waals surface area contributed by atoms with Crippen LogP contribution in [0.15, 0.2) is 0 Å². The van der Waals surface area contributed by atoms with Crippen LogP contribution in [0.3, 0.4) is 0 Å². The molecule has 22 heavy (non-hydrogen) atoms. The van der Waals surface area contributed by atoms with E-state index in [1.165, 1.54) is 4.68 Å². The van der Waals surface area contributed by atoms with E-state index in [1.807, 2.05) is 20.8 Å². The molecule has 0 spiro atoms. The van der Waals surface area contributed by atoms with Crippen molar-refractivity contribution < 1.29 is 14.3 Å². The summed E-state index contributed by atoms with van der Waals surface area (Å²) in [5.41, 5.74) is 7.11. The molecule has 0 atom stereocenters. The molecule has 0 unspecified atom stereocenters. The van der Waals surface area contributed by atoms with Crippen LogP contribution in [-0.2, 0) is 17.7 Å². The third-order valence-corrected chi connectivity index (χ3v) is 3.87. The van der Waals surface area contributed by atoms with Gasteiger partial charge < -0.3 is 15.4 Å². The van der Waals surface area contributed by atoms with Gasteiger partial charge in [-0.25, -0.2) is 4.79 Å². The molecule has 0 radical (unpaired) electrons. The van der Waals surface area contributed by atoms with Crippen LogP contribution >= 0.6 is 0 Å². The number of aromatic nitrogens is 2. The molecule has 1 amide bonds. The predicted molar refractivity (Wildman–Crippen MR) is 80.3 cm³/mol. The summed E-state index contributed by atoms with van der Waals surface area (Å²) in [6.07, 6.45) is 2.05. The highest BCUT2D eigenvalue weighted by atomic mass is 16.6. The number of rotatable bonds is 1. The minimum atomic E-state index is -0.530. The molecular formula is C15H22N4O3. The van der Waals surface area contributed by atoms with E-state index >= 15 is 0 Å². The fourth-order valence-electron chi connectivity index (χ4n) is 2.57. The molecule has 0 saturated heterocycles.